The molecule has 0 bridgehead atoms. The zero-order chi connectivity index (χ0) is 13.4. The van der Waals surface area contributed by atoms with E-state index >= 15 is 0 Å². The average Bonchev–Trinajstić information content (AvgIpc) is 2.85. The predicted molar refractivity (Wildman–Crippen MR) is 73.6 cm³/mol. The maximum absolute atomic E-state index is 13.8. The summed E-state index contributed by atoms with van der Waals surface area (Å²) < 4.78 is 13.8. The third-order valence-corrected chi connectivity index (χ3v) is 4.34. The van der Waals surface area contributed by atoms with E-state index in [9.17, 15) is 9.18 Å². The van der Waals surface area contributed by atoms with Crippen molar-refractivity contribution in [2.24, 2.45) is 0 Å². The van der Waals surface area contributed by atoms with Crippen LogP contribution in [-0.2, 0) is 13.0 Å². The first kappa shape index (κ1) is 12.2. The van der Waals surface area contributed by atoms with E-state index in [4.69, 9.17) is 5.73 Å². The molecule has 1 aliphatic heterocycles. The Morgan fingerprint density at radius 3 is 3.00 bits per heavy atom. The Balaban J connectivity index is 1.85. The number of nitrogens with two attached hydrogens (primary N) is 1. The van der Waals surface area contributed by atoms with Crippen molar-refractivity contribution in [1.29, 1.82) is 0 Å². The van der Waals surface area contributed by atoms with Crippen LogP contribution in [0.15, 0.2) is 29.6 Å². The molecule has 5 heteroatoms. The van der Waals surface area contributed by atoms with Crippen molar-refractivity contribution in [3.63, 3.8) is 0 Å². The molecule has 1 amide bonds. The molecule has 3 rings (SSSR count). The fraction of sp³-hybridized carbons (Fsp3) is 0.214. The minimum atomic E-state index is -0.555. The van der Waals surface area contributed by atoms with Gasteiger partial charge in [-0.3, -0.25) is 4.79 Å². The molecule has 0 unspecified atom stereocenters. The summed E-state index contributed by atoms with van der Waals surface area (Å²) in [6.45, 7) is 1.19. The number of anilines is 1. The molecule has 0 spiro atoms. The van der Waals surface area contributed by atoms with Gasteiger partial charge in [-0.05, 0) is 41.6 Å². The van der Waals surface area contributed by atoms with E-state index in [2.05, 4.69) is 0 Å². The summed E-state index contributed by atoms with van der Waals surface area (Å²) in [5.74, 6) is -0.824. The number of hydrogen-bond donors (Lipinski definition) is 1. The van der Waals surface area contributed by atoms with Crippen molar-refractivity contribution < 1.29 is 9.18 Å². The molecule has 1 aliphatic rings. The Labute approximate surface area is 114 Å². The Hall–Kier alpha value is -1.88. The highest BCUT2D eigenvalue weighted by Crippen LogP contribution is 2.25. The summed E-state index contributed by atoms with van der Waals surface area (Å²) in [6, 6.07) is 6.22. The topological polar surface area (TPSA) is 46.3 Å². The second-order valence-corrected chi connectivity index (χ2v) is 5.59. The Kier molecular flexibility index (Phi) is 2.98. The van der Waals surface area contributed by atoms with Crippen molar-refractivity contribution in [2.75, 3.05) is 12.3 Å². The zero-order valence-electron chi connectivity index (χ0n) is 10.2. The van der Waals surface area contributed by atoms with Gasteiger partial charge in [-0.25, -0.2) is 4.39 Å². The van der Waals surface area contributed by atoms with E-state index in [1.807, 2.05) is 11.4 Å². The first-order valence-corrected chi connectivity index (χ1v) is 6.92. The molecule has 1 aromatic heterocycles. The average molecular weight is 276 g/mol. The van der Waals surface area contributed by atoms with Gasteiger partial charge in [0.25, 0.3) is 5.91 Å². The van der Waals surface area contributed by atoms with E-state index in [1.54, 1.807) is 22.3 Å². The second kappa shape index (κ2) is 4.66. The molecule has 0 saturated carbocycles. The SMILES string of the molecule is Nc1ccc(C(=O)N2CCc3sccc3C2)c(F)c1. The number of fused-ring (bicyclic) bond motifs is 1. The molecular formula is C14H13FN2OS. The van der Waals surface area contributed by atoms with Crippen LogP contribution >= 0.6 is 11.3 Å². The van der Waals surface area contributed by atoms with Gasteiger partial charge in [-0.15, -0.1) is 11.3 Å². The fourth-order valence-electron chi connectivity index (χ4n) is 2.30. The van der Waals surface area contributed by atoms with Gasteiger partial charge in [0.1, 0.15) is 5.82 Å². The number of benzene rings is 1. The van der Waals surface area contributed by atoms with Crippen LogP contribution in [0.25, 0.3) is 0 Å². The number of thiophene rings is 1. The van der Waals surface area contributed by atoms with Gasteiger partial charge < -0.3 is 10.6 Å². The van der Waals surface area contributed by atoms with Crippen molar-refractivity contribution in [3.8, 4) is 0 Å². The molecular weight excluding hydrogens is 263 g/mol. The predicted octanol–water partition coefficient (Wildman–Crippen LogP) is 2.67. The van der Waals surface area contributed by atoms with Crippen molar-refractivity contribution in [2.45, 2.75) is 13.0 Å². The van der Waals surface area contributed by atoms with Crippen LogP contribution in [0.4, 0.5) is 10.1 Å². The summed E-state index contributed by atoms with van der Waals surface area (Å²) >= 11 is 1.71. The number of carbonyl (C=O) groups is 1. The second-order valence-electron chi connectivity index (χ2n) is 4.59. The summed E-state index contributed by atoms with van der Waals surface area (Å²) in [4.78, 5) is 15.3. The number of hydrogen-bond acceptors (Lipinski definition) is 3. The molecule has 0 saturated heterocycles. The Morgan fingerprint density at radius 1 is 1.37 bits per heavy atom. The smallest absolute Gasteiger partial charge is 0.257 e. The van der Waals surface area contributed by atoms with Gasteiger partial charge >= 0.3 is 0 Å². The minimum Gasteiger partial charge on any atom is -0.399 e. The van der Waals surface area contributed by atoms with E-state index in [-0.39, 0.29) is 11.5 Å². The molecule has 0 radical (unpaired) electrons. The first-order chi connectivity index (χ1) is 9.15. The maximum atomic E-state index is 13.8. The highest BCUT2D eigenvalue weighted by Gasteiger charge is 2.24. The van der Waals surface area contributed by atoms with Crippen LogP contribution in [0, 0.1) is 5.82 Å². The van der Waals surface area contributed by atoms with Crippen LogP contribution in [0.3, 0.4) is 0 Å². The summed E-state index contributed by atoms with van der Waals surface area (Å²) in [7, 11) is 0. The summed E-state index contributed by atoms with van der Waals surface area (Å²) in [6.07, 6.45) is 0.843. The molecule has 0 aliphatic carbocycles. The number of rotatable bonds is 1. The Bertz CT molecular complexity index is 638. The highest BCUT2D eigenvalue weighted by molar-refractivity contribution is 7.10. The van der Waals surface area contributed by atoms with Crippen LogP contribution in [0.1, 0.15) is 20.8 Å². The third kappa shape index (κ3) is 2.21. The monoisotopic (exact) mass is 276 g/mol. The van der Waals surface area contributed by atoms with Crippen molar-refractivity contribution >= 4 is 22.9 Å². The number of carbonyl (C=O) groups excluding carboxylic acids is 1. The zero-order valence-corrected chi connectivity index (χ0v) is 11.0. The third-order valence-electron chi connectivity index (χ3n) is 3.32. The van der Waals surface area contributed by atoms with E-state index < -0.39 is 5.82 Å². The fourth-order valence-corrected chi connectivity index (χ4v) is 3.19. The molecule has 2 aromatic rings. The van der Waals surface area contributed by atoms with Gasteiger partial charge in [-0.1, -0.05) is 0 Å². The van der Waals surface area contributed by atoms with Crippen LogP contribution in [0.2, 0.25) is 0 Å². The molecule has 0 atom stereocenters. The highest BCUT2D eigenvalue weighted by atomic mass is 32.1. The first-order valence-electron chi connectivity index (χ1n) is 6.04. The number of halogens is 1. The van der Waals surface area contributed by atoms with Gasteiger partial charge in [0.05, 0.1) is 5.56 Å². The summed E-state index contributed by atoms with van der Waals surface area (Å²) in [5.41, 5.74) is 7.08. The van der Waals surface area contributed by atoms with Crippen LogP contribution < -0.4 is 5.73 Å². The minimum absolute atomic E-state index is 0.0906. The number of amides is 1. The molecule has 19 heavy (non-hydrogen) atoms. The molecule has 1 aromatic carbocycles. The lowest BCUT2D eigenvalue weighted by atomic mass is 10.1. The lowest BCUT2D eigenvalue weighted by Gasteiger charge is -2.27. The largest absolute Gasteiger partial charge is 0.399 e. The maximum Gasteiger partial charge on any atom is 0.257 e. The quantitative estimate of drug-likeness (QED) is 0.814. The van der Waals surface area contributed by atoms with Gasteiger partial charge in [0.15, 0.2) is 0 Å². The number of nitrogens with zero attached hydrogens (tertiary/aromatic N) is 1. The summed E-state index contributed by atoms with van der Waals surface area (Å²) in [5, 5.41) is 2.03. The lowest BCUT2D eigenvalue weighted by Crippen LogP contribution is -2.35. The van der Waals surface area contributed by atoms with Gasteiger partial charge in [0.2, 0.25) is 0 Å². The van der Waals surface area contributed by atoms with Crippen molar-refractivity contribution in [1.82, 2.24) is 4.90 Å². The van der Waals surface area contributed by atoms with E-state index in [0.717, 1.165) is 6.42 Å². The molecule has 0 fully saturated rings. The molecule has 2 N–H and O–H groups in total. The van der Waals surface area contributed by atoms with Gasteiger partial charge in [-0.2, -0.15) is 0 Å². The standard InChI is InChI=1S/C14H13FN2OS/c15-12-7-10(16)1-2-11(12)14(18)17-5-3-13-9(8-17)4-6-19-13/h1-2,4,6-7H,3,5,8,16H2. The normalized spacial score (nSPS) is 14.3. The van der Waals surface area contributed by atoms with Crippen LogP contribution in [0.5, 0.6) is 0 Å². The van der Waals surface area contributed by atoms with Gasteiger partial charge in [0, 0.05) is 23.7 Å². The molecule has 2 heterocycles. The van der Waals surface area contributed by atoms with E-state index in [0.29, 0.717) is 18.8 Å². The van der Waals surface area contributed by atoms with Crippen molar-refractivity contribution in [3.05, 3.63) is 51.5 Å². The Morgan fingerprint density at radius 2 is 2.21 bits per heavy atom. The molecule has 98 valence electrons. The lowest BCUT2D eigenvalue weighted by molar-refractivity contribution is 0.0731. The molecule has 3 nitrogen and oxygen atoms in total. The number of nitrogen functional groups attached to an aromatic ring is 1. The van der Waals surface area contributed by atoms with Crippen LogP contribution in [-0.4, -0.2) is 17.4 Å². The van der Waals surface area contributed by atoms with E-state index in [1.165, 1.54) is 22.6 Å².